The number of aliphatic imine (C=N–C) groups is 1. The summed E-state index contributed by atoms with van der Waals surface area (Å²) in [6.07, 6.45) is 1.80. The van der Waals surface area contributed by atoms with Crippen LogP contribution in [0.15, 0.2) is 23.2 Å². The number of rotatable bonds is 7. The standard InChI is InChI=1S/C18H29F2N5/c1-4-21-18(22-10-6-11-24(2)3)23-14-9-12-25(13-14)17-15(19)7-5-8-16(17)20/h5,7-8,14H,4,6,9-13H2,1-3H3,(H2,21,22,23). The lowest BCUT2D eigenvalue weighted by Crippen LogP contribution is -2.44. The van der Waals surface area contributed by atoms with Crippen LogP contribution in [-0.2, 0) is 0 Å². The van der Waals surface area contributed by atoms with Crippen molar-refractivity contribution in [3.63, 3.8) is 0 Å². The Hall–Kier alpha value is -1.89. The Morgan fingerprint density at radius 2 is 2.04 bits per heavy atom. The first-order valence-electron chi connectivity index (χ1n) is 8.89. The largest absolute Gasteiger partial charge is 0.365 e. The second-order valence-corrected chi connectivity index (χ2v) is 6.56. The van der Waals surface area contributed by atoms with Crippen LogP contribution in [0.3, 0.4) is 0 Å². The molecule has 0 bridgehead atoms. The van der Waals surface area contributed by atoms with Gasteiger partial charge in [-0.05, 0) is 52.5 Å². The van der Waals surface area contributed by atoms with E-state index in [9.17, 15) is 8.78 Å². The molecule has 25 heavy (non-hydrogen) atoms. The van der Waals surface area contributed by atoms with Crippen molar-refractivity contribution < 1.29 is 8.78 Å². The summed E-state index contributed by atoms with van der Waals surface area (Å²) in [5, 5.41) is 6.62. The van der Waals surface area contributed by atoms with E-state index in [1.807, 2.05) is 21.0 Å². The number of halogens is 2. The molecule has 2 rings (SSSR count). The SMILES string of the molecule is CCNC(=NCCCN(C)C)NC1CCN(c2c(F)cccc2F)C1. The highest BCUT2D eigenvalue weighted by atomic mass is 19.1. The van der Waals surface area contributed by atoms with Gasteiger partial charge >= 0.3 is 0 Å². The lowest BCUT2D eigenvalue weighted by atomic mass is 10.2. The summed E-state index contributed by atoms with van der Waals surface area (Å²) in [6.45, 7) is 5.71. The fourth-order valence-corrected chi connectivity index (χ4v) is 2.96. The Morgan fingerprint density at radius 1 is 1.32 bits per heavy atom. The van der Waals surface area contributed by atoms with Crippen LogP contribution >= 0.6 is 0 Å². The Kier molecular flexibility index (Phi) is 7.43. The Labute approximate surface area is 149 Å². The number of para-hydroxylation sites is 1. The second kappa shape index (κ2) is 9.56. The van der Waals surface area contributed by atoms with Gasteiger partial charge < -0.3 is 20.4 Å². The molecule has 2 N–H and O–H groups in total. The molecule has 0 spiro atoms. The molecule has 0 amide bonds. The van der Waals surface area contributed by atoms with Crippen molar-refractivity contribution in [3.8, 4) is 0 Å². The summed E-state index contributed by atoms with van der Waals surface area (Å²) in [7, 11) is 4.09. The van der Waals surface area contributed by atoms with Gasteiger partial charge in [0, 0.05) is 32.2 Å². The molecule has 5 nitrogen and oxygen atoms in total. The van der Waals surface area contributed by atoms with E-state index in [0.717, 1.165) is 38.4 Å². The number of benzene rings is 1. The average Bonchev–Trinajstić information content (AvgIpc) is 2.99. The topological polar surface area (TPSA) is 42.9 Å². The number of nitrogens with one attached hydrogen (secondary N) is 2. The highest BCUT2D eigenvalue weighted by Crippen LogP contribution is 2.26. The lowest BCUT2D eigenvalue weighted by Gasteiger charge is -2.21. The van der Waals surface area contributed by atoms with Crippen molar-refractivity contribution >= 4 is 11.6 Å². The zero-order chi connectivity index (χ0) is 18.2. The number of hydrogen-bond acceptors (Lipinski definition) is 3. The van der Waals surface area contributed by atoms with E-state index in [0.29, 0.717) is 13.1 Å². The minimum atomic E-state index is -0.509. The maximum Gasteiger partial charge on any atom is 0.191 e. The van der Waals surface area contributed by atoms with E-state index in [2.05, 4.69) is 20.5 Å². The monoisotopic (exact) mass is 353 g/mol. The molecule has 1 heterocycles. The minimum Gasteiger partial charge on any atom is -0.365 e. The van der Waals surface area contributed by atoms with Crippen LogP contribution in [0.2, 0.25) is 0 Å². The summed E-state index contributed by atoms with van der Waals surface area (Å²) in [4.78, 5) is 8.48. The molecule has 0 aromatic heterocycles. The van der Waals surface area contributed by atoms with Gasteiger partial charge in [0.05, 0.1) is 0 Å². The smallest absolute Gasteiger partial charge is 0.191 e. The van der Waals surface area contributed by atoms with Crippen LogP contribution in [0.4, 0.5) is 14.5 Å². The highest BCUT2D eigenvalue weighted by molar-refractivity contribution is 5.80. The highest BCUT2D eigenvalue weighted by Gasteiger charge is 2.27. The molecule has 1 saturated heterocycles. The zero-order valence-corrected chi connectivity index (χ0v) is 15.4. The third-order valence-corrected chi connectivity index (χ3v) is 4.16. The fraction of sp³-hybridized carbons (Fsp3) is 0.611. The van der Waals surface area contributed by atoms with Crippen LogP contribution < -0.4 is 15.5 Å². The van der Waals surface area contributed by atoms with Crippen molar-refractivity contribution in [1.82, 2.24) is 15.5 Å². The van der Waals surface area contributed by atoms with Gasteiger partial charge in [0.1, 0.15) is 17.3 Å². The molecule has 0 radical (unpaired) electrons. The summed E-state index contributed by atoms with van der Waals surface area (Å²) >= 11 is 0. The van der Waals surface area contributed by atoms with Crippen LogP contribution in [-0.4, -0.2) is 63.7 Å². The number of anilines is 1. The molecule has 1 unspecified atom stereocenters. The first-order chi connectivity index (χ1) is 12.0. The van der Waals surface area contributed by atoms with Crippen LogP contribution in [0, 0.1) is 11.6 Å². The van der Waals surface area contributed by atoms with Gasteiger partial charge in [-0.15, -0.1) is 0 Å². The predicted octanol–water partition coefficient (Wildman–Crippen LogP) is 2.05. The second-order valence-electron chi connectivity index (χ2n) is 6.56. The van der Waals surface area contributed by atoms with Gasteiger partial charge in [0.15, 0.2) is 5.96 Å². The maximum atomic E-state index is 13.9. The molecule has 1 fully saturated rings. The van der Waals surface area contributed by atoms with E-state index >= 15 is 0 Å². The summed E-state index contributed by atoms with van der Waals surface area (Å²) in [5.74, 6) is -0.253. The first-order valence-corrected chi connectivity index (χ1v) is 8.89. The summed E-state index contributed by atoms with van der Waals surface area (Å²) in [6, 6.07) is 4.11. The molecule has 0 saturated carbocycles. The van der Waals surface area contributed by atoms with Crippen molar-refractivity contribution in [2.45, 2.75) is 25.8 Å². The zero-order valence-electron chi connectivity index (χ0n) is 15.4. The van der Waals surface area contributed by atoms with Gasteiger partial charge in [-0.1, -0.05) is 6.07 Å². The van der Waals surface area contributed by atoms with Gasteiger partial charge in [-0.25, -0.2) is 8.78 Å². The maximum absolute atomic E-state index is 13.9. The molecule has 0 aliphatic carbocycles. The number of guanidine groups is 1. The minimum absolute atomic E-state index is 0.0692. The average molecular weight is 353 g/mol. The van der Waals surface area contributed by atoms with Crippen molar-refractivity contribution in [2.75, 3.05) is 51.7 Å². The van der Waals surface area contributed by atoms with E-state index in [4.69, 9.17) is 0 Å². The van der Waals surface area contributed by atoms with Crippen molar-refractivity contribution in [3.05, 3.63) is 29.8 Å². The molecule has 7 heteroatoms. The molecule has 1 aromatic carbocycles. The molecule has 140 valence electrons. The van der Waals surface area contributed by atoms with Crippen LogP contribution in [0.5, 0.6) is 0 Å². The van der Waals surface area contributed by atoms with Gasteiger partial charge in [0.25, 0.3) is 0 Å². The summed E-state index contributed by atoms with van der Waals surface area (Å²) < 4.78 is 27.9. The normalized spacial score (nSPS) is 18.1. The Morgan fingerprint density at radius 3 is 2.68 bits per heavy atom. The predicted molar refractivity (Wildman–Crippen MR) is 99.3 cm³/mol. The van der Waals surface area contributed by atoms with E-state index in [1.165, 1.54) is 18.2 Å². The van der Waals surface area contributed by atoms with E-state index < -0.39 is 11.6 Å². The van der Waals surface area contributed by atoms with Crippen LogP contribution in [0.25, 0.3) is 0 Å². The molecule has 1 aliphatic rings. The summed E-state index contributed by atoms with van der Waals surface area (Å²) in [5.41, 5.74) is 0.0692. The Balaban J connectivity index is 1.92. The van der Waals surface area contributed by atoms with Gasteiger partial charge in [-0.3, -0.25) is 4.99 Å². The van der Waals surface area contributed by atoms with E-state index in [-0.39, 0.29) is 11.7 Å². The first kappa shape index (κ1) is 19.4. The van der Waals surface area contributed by atoms with Gasteiger partial charge in [0.2, 0.25) is 0 Å². The lowest BCUT2D eigenvalue weighted by molar-refractivity contribution is 0.403. The van der Waals surface area contributed by atoms with Crippen molar-refractivity contribution in [2.24, 2.45) is 4.99 Å². The number of hydrogen-bond donors (Lipinski definition) is 2. The molecular weight excluding hydrogens is 324 g/mol. The fourth-order valence-electron chi connectivity index (χ4n) is 2.96. The molecule has 1 aliphatic heterocycles. The molecule has 1 atom stereocenters. The molecular formula is C18H29F2N5. The van der Waals surface area contributed by atoms with Gasteiger partial charge in [-0.2, -0.15) is 0 Å². The van der Waals surface area contributed by atoms with Crippen molar-refractivity contribution in [1.29, 1.82) is 0 Å². The quantitative estimate of drug-likeness (QED) is 0.447. The molecule has 1 aromatic rings. The third kappa shape index (κ3) is 5.85. The Bertz CT molecular complexity index is 556. The van der Waals surface area contributed by atoms with E-state index in [1.54, 1.807) is 4.90 Å². The third-order valence-electron chi connectivity index (χ3n) is 4.16. The number of nitrogens with zero attached hydrogens (tertiary/aromatic N) is 3. The van der Waals surface area contributed by atoms with Crippen LogP contribution in [0.1, 0.15) is 19.8 Å².